The molecule has 1 aromatic carbocycles. The van der Waals surface area contributed by atoms with Crippen molar-refractivity contribution in [3.05, 3.63) is 22.7 Å². The van der Waals surface area contributed by atoms with Crippen LogP contribution in [-0.2, 0) is 16.0 Å². The predicted octanol–water partition coefficient (Wildman–Crippen LogP) is 1.61. The van der Waals surface area contributed by atoms with Crippen molar-refractivity contribution in [1.29, 1.82) is 0 Å². The molecule has 0 bridgehead atoms. The Labute approximate surface area is 165 Å². The number of nitrogens with zero attached hydrogens (tertiary/aromatic N) is 3. The van der Waals surface area contributed by atoms with Crippen LogP contribution in [0.5, 0.6) is 17.2 Å². The van der Waals surface area contributed by atoms with E-state index in [1.54, 1.807) is 19.1 Å². The van der Waals surface area contributed by atoms with Crippen molar-refractivity contribution in [2.75, 3.05) is 26.6 Å². The minimum atomic E-state index is -0.367. The van der Waals surface area contributed by atoms with Gasteiger partial charge >= 0.3 is 0 Å². The summed E-state index contributed by atoms with van der Waals surface area (Å²) in [5.74, 6) is 0.888. The molecule has 0 saturated heterocycles. The molecule has 0 spiro atoms. The van der Waals surface area contributed by atoms with E-state index in [4.69, 9.17) is 14.2 Å². The highest BCUT2D eigenvalue weighted by molar-refractivity contribution is 7.15. The van der Waals surface area contributed by atoms with E-state index in [2.05, 4.69) is 26.0 Å². The number of carbonyl (C=O) groups excluding carboxylic acids is 2. The van der Waals surface area contributed by atoms with Gasteiger partial charge in [-0.2, -0.15) is 5.10 Å². The summed E-state index contributed by atoms with van der Waals surface area (Å²) in [6, 6.07) is 3.40. The highest BCUT2D eigenvalue weighted by Crippen LogP contribution is 2.37. The van der Waals surface area contributed by atoms with E-state index in [9.17, 15) is 9.59 Å². The van der Waals surface area contributed by atoms with Crippen molar-refractivity contribution in [3.63, 3.8) is 0 Å². The van der Waals surface area contributed by atoms with Gasteiger partial charge in [-0.15, -0.1) is 10.2 Å². The molecule has 0 aliphatic carbocycles. The Balaban J connectivity index is 1.97. The number of amides is 2. The maximum Gasteiger partial charge on any atom is 0.247 e. The van der Waals surface area contributed by atoms with Crippen LogP contribution in [0.2, 0.25) is 0 Å². The Hall–Kier alpha value is -3.21. The molecule has 28 heavy (non-hydrogen) atoms. The van der Waals surface area contributed by atoms with E-state index in [-0.39, 0.29) is 18.2 Å². The summed E-state index contributed by atoms with van der Waals surface area (Å²) in [5, 5.41) is 15.0. The Morgan fingerprint density at radius 1 is 1.11 bits per heavy atom. The van der Waals surface area contributed by atoms with Gasteiger partial charge in [0.1, 0.15) is 5.01 Å². The lowest BCUT2D eigenvalue weighted by atomic mass is 10.2. The average Bonchev–Trinajstić information content (AvgIpc) is 3.13. The third-order valence-corrected chi connectivity index (χ3v) is 4.27. The Morgan fingerprint density at radius 2 is 1.79 bits per heavy atom. The van der Waals surface area contributed by atoms with Crippen molar-refractivity contribution in [2.24, 2.45) is 5.10 Å². The lowest BCUT2D eigenvalue weighted by Crippen LogP contribution is -2.19. The minimum Gasteiger partial charge on any atom is -0.493 e. The van der Waals surface area contributed by atoms with Crippen LogP contribution in [0.15, 0.2) is 17.2 Å². The van der Waals surface area contributed by atoms with Crippen LogP contribution in [0.3, 0.4) is 0 Å². The van der Waals surface area contributed by atoms with Crippen molar-refractivity contribution in [1.82, 2.24) is 15.6 Å². The Bertz CT molecular complexity index is 842. The minimum absolute atomic E-state index is 0.00768. The van der Waals surface area contributed by atoms with Gasteiger partial charge in [-0.25, -0.2) is 5.43 Å². The first-order valence-electron chi connectivity index (χ1n) is 8.24. The maximum atomic E-state index is 12.0. The van der Waals surface area contributed by atoms with Gasteiger partial charge in [0, 0.05) is 12.0 Å². The molecular formula is C17H21N5O5S. The van der Waals surface area contributed by atoms with Gasteiger partial charge < -0.3 is 19.5 Å². The zero-order valence-corrected chi connectivity index (χ0v) is 16.8. The van der Waals surface area contributed by atoms with Crippen molar-refractivity contribution >= 4 is 34.5 Å². The summed E-state index contributed by atoms with van der Waals surface area (Å²) in [6.45, 7) is 1.73. The SMILES string of the molecule is CCC(=O)Nc1nnc(CC(=O)N/N=C/c2cc(OC)c(OC)c(OC)c2)s1. The maximum absolute atomic E-state index is 12.0. The number of hydrogen-bond donors (Lipinski definition) is 2. The van der Waals surface area contributed by atoms with Gasteiger partial charge in [-0.3, -0.25) is 9.59 Å². The number of aromatic nitrogens is 2. The lowest BCUT2D eigenvalue weighted by Gasteiger charge is -2.12. The van der Waals surface area contributed by atoms with E-state index in [1.165, 1.54) is 27.5 Å². The van der Waals surface area contributed by atoms with Crippen LogP contribution in [0.1, 0.15) is 23.9 Å². The van der Waals surface area contributed by atoms with Crippen LogP contribution in [-0.4, -0.2) is 49.6 Å². The van der Waals surface area contributed by atoms with E-state index >= 15 is 0 Å². The van der Waals surface area contributed by atoms with Crippen molar-refractivity contribution in [2.45, 2.75) is 19.8 Å². The Kier molecular flexibility index (Phi) is 7.69. The normalized spacial score (nSPS) is 10.6. The molecule has 2 rings (SSSR count). The third kappa shape index (κ3) is 5.64. The number of hydrogen-bond acceptors (Lipinski definition) is 9. The molecule has 0 atom stereocenters. The van der Waals surface area contributed by atoms with Crippen molar-refractivity contribution < 1.29 is 23.8 Å². The zero-order valence-electron chi connectivity index (χ0n) is 15.9. The topological polar surface area (TPSA) is 124 Å². The number of rotatable bonds is 9. The summed E-state index contributed by atoms with van der Waals surface area (Å²) in [7, 11) is 4.54. The summed E-state index contributed by atoms with van der Waals surface area (Å²) < 4.78 is 15.8. The number of nitrogens with one attached hydrogen (secondary N) is 2. The molecule has 0 fully saturated rings. The van der Waals surface area contributed by atoms with Crippen LogP contribution in [0, 0.1) is 0 Å². The molecule has 0 unspecified atom stereocenters. The fraction of sp³-hybridized carbons (Fsp3) is 0.353. The van der Waals surface area contributed by atoms with Crippen LogP contribution < -0.4 is 25.0 Å². The number of methoxy groups -OCH3 is 3. The predicted molar refractivity (Wildman–Crippen MR) is 104 cm³/mol. The summed E-state index contributed by atoms with van der Waals surface area (Å²) in [4.78, 5) is 23.3. The van der Waals surface area contributed by atoms with Gasteiger partial charge in [0.25, 0.3) is 0 Å². The number of benzene rings is 1. The van der Waals surface area contributed by atoms with Gasteiger partial charge in [-0.05, 0) is 12.1 Å². The smallest absolute Gasteiger partial charge is 0.247 e. The lowest BCUT2D eigenvalue weighted by molar-refractivity contribution is -0.120. The molecule has 0 saturated carbocycles. The summed E-state index contributed by atoms with van der Waals surface area (Å²) in [6.07, 6.45) is 1.78. The molecule has 1 heterocycles. The van der Waals surface area contributed by atoms with Crippen LogP contribution in [0.25, 0.3) is 0 Å². The molecule has 2 amide bonds. The molecule has 0 aliphatic heterocycles. The van der Waals surface area contributed by atoms with Gasteiger partial charge in [0.15, 0.2) is 11.5 Å². The van der Waals surface area contributed by atoms with Crippen LogP contribution >= 0.6 is 11.3 Å². The van der Waals surface area contributed by atoms with Gasteiger partial charge in [0.05, 0.1) is 34.0 Å². The second kappa shape index (κ2) is 10.2. The molecular weight excluding hydrogens is 386 g/mol. The standard InChI is InChI=1S/C17H21N5O5S/c1-5-13(23)19-17-22-21-15(28-17)8-14(24)20-18-9-10-6-11(25-2)16(27-4)12(7-10)26-3/h6-7,9H,5,8H2,1-4H3,(H,20,24)(H,19,22,23)/b18-9+. The quantitative estimate of drug-likeness (QED) is 0.478. The second-order valence-corrected chi connectivity index (χ2v) is 6.39. The van der Waals surface area contributed by atoms with E-state index in [1.807, 2.05) is 0 Å². The fourth-order valence-electron chi connectivity index (χ4n) is 2.11. The molecule has 2 aromatic rings. The molecule has 10 nitrogen and oxygen atoms in total. The van der Waals surface area contributed by atoms with E-state index in [0.717, 1.165) is 11.3 Å². The third-order valence-electron chi connectivity index (χ3n) is 3.44. The first kappa shape index (κ1) is 21.1. The molecule has 1 aromatic heterocycles. The van der Waals surface area contributed by atoms with Gasteiger partial charge in [-0.1, -0.05) is 18.3 Å². The molecule has 0 aliphatic rings. The highest BCUT2D eigenvalue weighted by atomic mass is 32.1. The number of ether oxygens (including phenoxy) is 3. The first-order chi connectivity index (χ1) is 13.5. The fourth-order valence-corrected chi connectivity index (χ4v) is 2.87. The van der Waals surface area contributed by atoms with Crippen molar-refractivity contribution in [3.8, 4) is 17.2 Å². The first-order valence-corrected chi connectivity index (χ1v) is 9.06. The van der Waals surface area contributed by atoms with Crippen LogP contribution in [0.4, 0.5) is 5.13 Å². The molecule has 2 N–H and O–H groups in total. The van der Waals surface area contributed by atoms with E-state index < -0.39 is 0 Å². The largest absolute Gasteiger partial charge is 0.493 e. The number of anilines is 1. The average molecular weight is 407 g/mol. The monoisotopic (exact) mass is 407 g/mol. The number of carbonyl (C=O) groups is 2. The Morgan fingerprint density at radius 3 is 2.36 bits per heavy atom. The number of hydrazone groups is 1. The second-order valence-electron chi connectivity index (χ2n) is 5.33. The highest BCUT2D eigenvalue weighted by Gasteiger charge is 2.13. The van der Waals surface area contributed by atoms with Gasteiger partial charge in [0.2, 0.25) is 22.7 Å². The molecule has 150 valence electrons. The zero-order chi connectivity index (χ0) is 20.5. The van der Waals surface area contributed by atoms with E-state index in [0.29, 0.717) is 39.4 Å². The summed E-state index contributed by atoms with van der Waals surface area (Å²) in [5.41, 5.74) is 3.06. The molecule has 0 radical (unpaired) electrons. The summed E-state index contributed by atoms with van der Waals surface area (Å²) >= 11 is 1.13. The molecule has 11 heteroatoms.